The lowest BCUT2D eigenvalue weighted by Gasteiger charge is -2.36. The molecule has 1 fully saturated rings. The number of ether oxygens (including phenoxy) is 1. The number of benzene rings is 1. The molecule has 0 unspecified atom stereocenters. The topological polar surface area (TPSA) is 47.9 Å². The fraction of sp³-hybridized carbons (Fsp3) is 0.500. The van der Waals surface area contributed by atoms with Gasteiger partial charge in [-0.1, -0.05) is 24.2 Å². The number of nitrogens with zero attached hydrogens (tertiary/aromatic N) is 1. The molecule has 2 rings (SSSR count). The van der Waals surface area contributed by atoms with Gasteiger partial charge in [0.05, 0.1) is 11.3 Å². The van der Waals surface area contributed by atoms with E-state index in [1.165, 1.54) is 12.1 Å². The lowest BCUT2D eigenvalue weighted by molar-refractivity contribution is -0.143. The Morgan fingerprint density at radius 1 is 1.29 bits per heavy atom. The number of carbonyl (C=O) groups is 1. The van der Waals surface area contributed by atoms with Crippen molar-refractivity contribution in [1.82, 2.24) is 0 Å². The molecule has 0 bridgehead atoms. The Labute approximate surface area is 123 Å². The summed E-state index contributed by atoms with van der Waals surface area (Å²) in [5.41, 5.74) is 1.42. The van der Waals surface area contributed by atoms with Crippen molar-refractivity contribution in [1.29, 1.82) is 0 Å². The zero-order chi connectivity index (χ0) is 15.3. The van der Waals surface area contributed by atoms with Crippen molar-refractivity contribution in [3.8, 4) is 0 Å². The van der Waals surface area contributed by atoms with E-state index in [2.05, 4.69) is 5.16 Å². The van der Waals surface area contributed by atoms with E-state index in [1.807, 2.05) is 0 Å². The van der Waals surface area contributed by atoms with Crippen LogP contribution in [-0.4, -0.2) is 18.8 Å². The van der Waals surface area contributed by atoms with Crippen LogP contribution in [0.4, 0.5) is 4.39 Å². The summed E-state index contributed by atoms with van der Waals surface area (Å²) in [6.45, 7) is 1.73. The van der Waals surface area contributed by atoms with E-state index < -0.39 is 5.60 Å². The number of oxime groups is 1. The molecular weight excluding hydrogens is 273 g/mol. The van der Waals surface area contributed by atoms with Crippen molar-refractivity contribution in [2.75, 3.05) is 7.11 Å². The quantitative estimate of drug-likeness (QED) is 0.630. The third-order valence-corrected chi connectivity index (χ3v) is 3.96. The van der Waals surface area contributed by atoms with Gasteiger partial charge >= 0.3 is 5.97 Å². The average molecular weight is 293 g/mol. The third-order valence-electron chi connectivity index (χ3n) is 3.96. The van der Waals surface area contributed by atoms with Crippen LogP contribution in [0.1, 0.15) is 44.6 Å². The number of hydrogen-bond acceptors (Lipinski definition) is 4. The number of halogens is 1. The van der Waals surface area contributed by atoms with Crippen LogP contribution >= 0.6 is 0 Å². The van der Waals surface area contributed by atoms with Crippen molar-refractivity contribution < 1.29 is 18.8 Å². The van der Waals surface area contributed by atoms with E-state index in [0.717, 1.165) is 24.1 Å². The molecule has 21 heavy (non-hydrogen) atoms. The molecule has 0 atom stereocenters. The Morgan fingerprint density at radius 2 is 1.90 bits per heavy atom. The zero-order valence-electron chi connectivity index (χ0n) is 12.4. The second-order valence-electron chi connectivity index (χ2n) is 5.18. The molecule has 0 aromatic heterocycles. The predicted molar refractivity (Wildman–Crippen MR) is 77.4 cm³/mol. The summed E-state index contributed by atoms with van der Waals surface area (Å²) in [7, 11) is 1.67. The molecule has 0 amide bonds. The van der Waals surface area contributed by atoms with Gasteiger partial charge in [0.25, 0.3) is 0 Å². The van der Waals surface area contributed by atoms with Crippen LogP contribution in [-0.2, 0) is 20.0 Å². The number of carbonyl (C=O) groups excluding carboxylic acids is 1. The van der Waals surface area contributed by atoms with E-state index in [9.17, 15) is 9.18 Å². The average Bonchev–Trinajstić information content (AvgIpc) is 2.54. The molecule has 1 aliphatic carbocycles. The predicted octanol–water partition coefficient (Wildman–Crippen LogP) is 3.55. The minimum Gasteiger partial charge on any atom is -0.374 e. The smallest absolute Gasteiger partial charge is 0.334 e. The Bertz CT molecular complexity index is 515. The summed E-state index contributed by atoms with van der Waals surface area (Å²) in [6, 6.07) is 6.42. The van der Waals surface area contributed by atoms with Crippen molar-refractivity contribution in [3.05, 3.63) is 35.6 Å². The molecule has 1 aliphatic rings. The first kappa shape index (κ1) is 15.6. The zero-order valence-corrected chi connectivity index (χ0v) is 12.4. The van der Waals surface area contributed by atoms with Crippen LogP contribution in [0.2, 0.25) is 0 Å². The maximum absolute atomic E-state index is 13.0. The highest BCUT2D eigenvalue weighted by Gasteiger charge is 2.36. The van der Waals surface area contributed by atoms with Crippen LogP contribution in [0.3, 0.4) is 0 Å². The second-order valence-corrected chi connectivity index (χ2v) is 5.18. The van der Waals surface area contributed by atoms with Crippen LogP contribution in [0.5, 0.6) is 0 Å². The van der Waals surface area contributed by atoms with Gasteiger partial charge in [0.15, 0.2) is 0 Å². The molecule has 1 aromatic carbocycles. The molecule has 0 radical (unpaired) electrons. The standard InChI is InChI=1S/C16H20FNO3/c1-3-15(19)21-18-14-8-10-16(20-2,11-9-14)12-4-6-13(17)7-5-12/h4-7H,3,8-11H2,1-2H3. The first-order valence-electron chi connectivity index (χ1n) is 7.16. The van der Waals surface area contributed by atoms with Gasteiger partial charge in [0.1, 0.15) is 5.82 Å². The molecule has 4 nitrogen and oxygen atoms in total. The van der Waals surface area contributed by atoms with Gasteiger partial charge in [0.2, 0.25) is 0 Å². The van der Waals surface area contributed by atoms with Crippen LogP contribution in [0.15, 0.2) is 29.4 Å². The van der Waals surface area contributed by atoms with Crippen molar-refractivity contribution in [2.45, 2.75) is 44.6 Å². The van der Waals surface area contributed by atoms with E-state index in [-0.39, 0.29) is 11.8 Å². The molecule has 1 saturated carbocycles. The van der Waals surface area contributed by atoms with Gasteiger partial charge < -0.3 is 9.57 Å². The Balaban J connectivity index is 2.06. The minimum atomic E-state index is -0.415. The molecule has 0 aliphatic heterocycles. The number of methoxy groups -OCH3 is 1. The lowest BCUT2D eigenvalue weighted by atomic mass is 9.78. The molecule has 0 spiro atoms. The van der Waals surface area contributed by atoms with Gasteiger partial charge in [0, 0.05) is 13.5 Å². The fourth-order valence-corrected chi connectivity index (χ4v) is 2.58. The highest BCUT2D eigenvalue weighted by molar-refractivity contribution is 5.85. The Morgan fingerprint density at radius 3 is 2.43 bits per heavy atom. The highest BCUT2D eigenvalue weighted by Crippen LogP contribution is 2.39. The van der Waals surface area contributed by atoms with Gasteiger partial charge in [-0.2, -0.15) is 0 Å². The maximum Gasteiger partial charge on any atom is 0.334 e. The van der Waals surface area contributed by atoms with E-state index in [1.54, 1.807) is 26.2 Å². The molecule has 0 N–H and O–H groups in total. The van der Waals surface area contributed by atoms with Gasteiger partial charge in [-0.05, 0) is 43.4 Å². The van der Waals surface area contributed by atoms with E-state index >= 15 is 0 Å². The van der Waals surface area contributed by atoms with Crippen molar-refractivity contribution >= 4 is 11.7 Å². The third kappa shape index (κ3) is 3.67. The number of hydrogen-bond donors (Lipinski definition) is 0. The molecule has 5 heteroatoms. The minimum absolute atomic E-state index is 0.255. The molecular formula is C16H20FNO3. The largest absolute Gasteiger partial charge is 0.374 e. The maximum atomic E-state index is 13.0. The molecule has 0 heterocycles. The normalized spacial score (nSPS) is 22.0. The number of rotatable bonds is 4. The van der Waals surface area contributed by atoms with Gasteiger partial charge in [-0.15, -0.1) is 0 Å². The molecule has 114 valence electrons. The highest BCUT2D eigenvalue weighted by atomic mass is 19.1. The first-order valence-corrected chi connectivity index (χ1v) is 7.16. The van der Waals surface area contributed by atoms with E-state index in [4.69, 9.17) is 9.57 Å². The van der Waals surface area contributed by atoms with E-state index in [0.29, 0.717) is 19.3 Å². The SMILES string of the molecule is CCC(=O)ON=C1CCC(OC)(c2ccc(F)cc2)CC1. The van der Waals surface area contributed by atoms with Gasteiger partial charge in [-0.25, -0.2) is 9.18 Å². The summed E-state index contributed by atoms with van der Waals surface area (Å²) in [5.74, 6) is -0.584. The summed E-state index contributed by atoms with van der Waals surface area (Å²) in [4.78, 5) is 15.9. The monoisotopic (exact) mass is 293 g/mol. The lowest BCUT2D eigenvalue weighted by Crippen LogP contribution is -2.34. The molecule has 0 saturated heterocycles. The second kappa shape index (κ2) is 6.80. The summed E-state index contributed by atoms with van der Waals surface area (Å²) >= 11 is 0. The summed E-state index contributed by atoms with van der Waals surface area (Å²) in [6.07, 6.45) is 3.17. The van der Waals surface area contributed by atoms with Crippen LogP contribution in [0, 0.1) is 5.82 Å². The van der Waals surface area contributed by atoms with Gasteiger partial charge in [-0.3, -0.25) is 0 Å². The summed E-state index contributed by atoms with van der Waals surface area (Å²) in [5, 5.41) is 3.91. The molecule has 1 aromatic rings. The van der Waals surface area contributed by atoms with Crippen LogP contribution < -0.4 is 0 Å². The van der Waals surface area contributed by atoms with Crippen molar-refractivity contribution in [3.63, 3.8) is 0 Å². The fourth-order valence-electron chi connectivity index (χ4n) is 2.58. The Hall–Kier alpha value is -1.75. The summed E-state index contributed by atoms with van der Waals surface area (Å²) < 4.78 is 18.8. The first-order chi connectivity index (χ1) is 10.1. The van der Waals surface area contributed by atoms with Crippen LogP contribution in [0.25, 0.3) is 0 Å². The Kier molecular flexibility index (Phi) is 5.07. The van der Waals surface area contributed by atoms with Crippen molar-refractivity contribution in [2.24, 2.45) is 5.16 Å².